The number of nitrogens with zero attached hydrogens (tertiary/aromatic N) is 3. The summed E-state index contributed by atoms with van der Waals surface area (Å²) >= 11 is 0. The third-order valence-corrected chi connectivity index (χ3v) is 4.87. The topological polar surface area (TPSA) is 125 Å². The molecule has 0 bridgehead atoms. The van der Waals surface area contributed by atoms with Crippen molar-refractivity contribution in [2.45, 2.75) is 0 Å². The van der Waals surface area contributed by atoms with Crippen LogP contribution in [-0.2, 0) is 9.47 Å². The lowest BCUT2D eigenvalue weighted by Crippen LogP contribution is -2.21. The molecule has 136 valence electrons. The molecular formula is C13H15N3O7S2. The summed E-state index contributed by atoms with van der Waals surface area (Å²) in [6, 6.07) is 2.32. The second-order valence-corrected chi connectivity index (χ2v) is 6.96. The van der Waals surface area contributed by atoms with Gasteiger partial charge in [0.15, 0.2) is 0 Å². The molecule has 0 unspecified atom stereocenters. The molecule has 0 aromatic carbocycles. The summed E-state index contributed by atoms with van der Waals surface area (Å²) in [5.74, 6) is 0.203. The quantitative estimate of drug-likeness (QED) is 0.392. The fourth-order valence-corrected chi connectivity index (χ4v) is 3.13. The maximum atomic E-state index is 11.5. The van der Waals surface area contributed by atoms with Crippen molar-refractivity contribution in [2.24, 2.45) is 0 Å². The predicted octanol–water partition coefficient (Wildman–Crippen LogP) is 1.73. The average molecular weight is 389 g/mol. The van der Waals surface area contributed by atoms with Gasteiger partial charge in [0.05, 0.1) is 0 Å². The van der Waals surface area contributed by atoms with Crippen LogP contribution < -0.4 is 4.84 Å². The van der Waals surface area contributed by atoms with E-state index >= 15 is 0 Å². The van der Waals surface area contributed by atoms with Gasteiger partial charge < -0.3 is 19.7 Å². The number of aromatic nitrogens is 3. The first kappa shape index (κ1) is 18.9. The highest BCUT2D eigenvalue weighted by atomic mass is 33.1. The Morgan fingerprint density at radius 2 is 1.72 bits per heavy atom. The van der Waals surface area contributed by atoms with Crippen LogP contribution in [0.1, 0.15) is 0 Å². The summed E-state index contributed by atoms with van der Waals surface area (Å²) in [5, 5.41) is 18.6. The minimum absolute atomic E-state index is 0.0775. The van der Waals surface area contributed by atoms with E-state index in [1.165, 1.54) is 44.9 Å². The van der Waals surface area contributed by atoms with E-state index in [4.69, 9.17) is 9.47 Å². The van der Waals surface area contributed by atoms with Gasteiger partial charge in [-0.3, -0.25) is 4.84 Å². The van der Waals surface area contributed by atoms with E-state index in [9.17, 15) is 19.8 Å². The van der Waals surface area contributed by atoms with Crippen molar-refractivity contribution in [3.05, 3.63) is 30.9 Å². The molecule has 0 atom stereocenters. The number of aromatic hydroxyl groups is 2. The second kappa shape index (κ2) is 9.74. The van der Waals surface area contributed by atoms with Crippen LogP contribution in [-0.4, -0.2) is 61.5 Å². The maximum Gasteiger partial charge on any atom is 0.533 e. The zero-order valence-electron chi connectivity index (χ0n) is 12.8. The second-order valence-electron chi connectivity index (χ2n) is 4.26. The Balaban J connectivity index is 1.48. The van der Waals surface area contributed by atoms with Crippen LogP contribution in [0.3, 0.4) is 0 Å². The van der Waals surface area contributed by atoms with Crippen LogP contribution in [0.2, 0.25) is 0 Å². The van der Waals surface area contributed by atoms with Gasteiger partial charge in [-0.25, -0.2) is 19.1 Å². The average Bonchev–Trinajstić information content (AvgIpc) is 3.23. The van der Waals surface area contributed by atoms with Crippen molar-refractivity contribution in [3.63, 3.8) is 0 Å². The number of carbonyl (C=O) groups excluding carboxylic acids is 2. The summed E-state index contributed by atoms with van der Waals surface area (Å²) < 4.78 is 11.6. The van der Waals surface area contributed by atoms with Crippen molar-refractivity contribution in [2.75, 3.05) is 24.7 Å². The van der Waals surface area contributed by atoms with Gasteiger partial charge in [-0.1, -0.05) is 21.6 Å². The molecule has 2 rings (SSSR count). The van der Waals surface area contributed by atoms with Crippen molar-refractivity contribution in [1.29, 1.82) is 0 Å². The smallest absolute Gasteiger partial charge is 0.492 e. The van der Waals surface area contributed by atoms with E-state index in [1.54, 1.807) is 0 Å². The molecule has 0 amide bonds. The van der Waals surface area contributed by atoms with E-state index in [-0.39, 0.29) is 13.2 Å². The molecule has 2 aromatic rings. The van der Waals surface area contributed by atoms with E-state index in [0.717, 1.165) is 12.1 Å². The minimum Gasteiger partial charge on any atom is -0.492 e. The van der Waals surface area contributed by atoms with Gasteiger partial charge in [0.1, 0.15) is 19.5 Å². The Kier molecular flexibility index (Phi) is 7.35. The predicted molar refractivity (Wildman–Crippen MR) is 89.6 cm³/mol. The van der Waals surface area contributed by atoms with Crippen LogP contribution in [0.4, 0.5) is 9.59 Å². The fourth-order valence-electron chi connectivity index (χ4n) is 1.48. The highest BCUT2D eigenvalue weighted by molar-refractivity contribution is 8.76. The highest BCUT2D eigenvalue weighted by Crippen LogP contribution is 2.21. The van der Waals surface area contributed by atoms with Crippen molar-refractivity contribution in [1.82, 2.24) is 14.3 Å². The summed E-state index contributed by atoms with van der Waals surface area (Å²) in [6.07, 6.45) is 2.78. The van der Waals surface area contributed by atoms with Gasteiger partial charge in [0.25, 0.3) is 0 Å². The molecule has 0 fully saturated rings. The molecule has 12 heteroatoms. The van der Waals surface area contributed by atoms with Crippen molar-refractivity contribution in [3.8, 4) is 11.8 Å². The molecule has 2 N–H and O–H groups in total. The Morgan fingerprint density at radius 3 is 2.32 bits per heavy atom. The maximum absolute atomic E-state index is 11.5. The van der Waals surface area contributed by atoms with Gasteiger partial charge in [0, 0.05) is 36.0 Å². The van der Waals surface area contributed by atoms with Crippen molar-refractivity contribution >= 4 is 33.8 Å². The van der Waals surface area contributed by atoms with Gasteiger partial charge in [-0.15, -0.1) is 4.73 Å². The van der Waals surface area contributed by atoms with Crippen LogP contribution >= 0.6 is 21.6 Å². The molecule has 0 aliphatic heterocycles. The lowest BCUT2D eigenvalue weighted by Gasteiger charge is -2.07. The third-order valence-electron chi connectivity index (χ3n) is 2.54. The monoisotopic (exact) mass is 389 g/mol. The molecule has 0 spiro atoms. The first-order valence-corrected chi connectivity index (χ1v) is 9.41. The molecule has 2 aromatic heterocycles. The summed E-state index contributed by atoms with van der Waals surface area (Å²) in [6.45, 7) is 0.317. The standard InChI is InChI=1S/C13H15N3O7S2/c17-10-1-2-11(18)16(10)23-13(20)22-6-8-25-24-7-5-21-12(19)15-4-3-14-9-15/h1-4,9,17-18H,5-8H2. The number of rotatable bonds is 8. The normalized spacial score (nSPS) is 10.4. The lowest BCUT2D eigenvalue weighted by molar-refractivity contribution is 0.0392. The summed E-state index contributed by atoms with van der Waals surface area (Å²) in [5.41, 5.74) is 0. The lowest BCUT2D eigenvalue weighted by atomic mass is 10.6. The molecule has 25 heavy (non-hydrogen) atoms. The van der Waals surface area contributed by atoms with Gasteiger partial charge in [0.2, 0.25) is 11.8 Å². The number of hydrogen-bond donors (Lipinski definition) is 2. The van der Waals surface area contributed by atoms with Crippen LogP contribution in [0.5, 0.6) is 11.8 Å². The zero-order valence-corrected chi connectivity index (χ0v) is 14.4. The Hall–Kier alpha value is -2.47. The summed E-state index contributed by atoms with van der Waals surface area (Å²) in [4.78, 5) is 31.2. The van der Waals surface area contributed by atoms with E-state index in [2.05, 4.69) is 9.82 Å². The molecule has 10 nitrogen and oxygen atoms in total. The first-order chi connectivity index (χ1) is 12.1. The molecule has 0 radical (unpaired) electrons. The largest absolute Gasteiger partial charge is 0.533 e. The molecule has 2 heterocycles. The first-order valence-electron chi connectivity index (χ1n) is 6.92. The minimum atomic E-state index is -1.05. The van der Waals surface area contributed by atoms with Crippen LogP contribution in [0.25, 0.3) is 0 Å². The Bertz CT molecular complexity index is 670. The Morgan fingerprint density at radius 1 is 1.08 bits per heavy atom. The number of ether oxygens (including phenoxy) is 2. The van der Waals surface area contributed by atoms with Gasteiger partial charge >= 0.3 is 12.2 Å². The van der Waals surface area contributed by atoms with Gasteiger partial charge in [-0.2, -0.15) is 0 Å². The summed E-state index contributed by atoms with van der Waals surface area (Å²) in [7, 11) is 2.88. The molecule has 0 aliphatic carbocycles. The highest BCUT2D eigenvalue weighted by Gasteiger charge is 2.13. The number of hydrogen-bond acceptors (Lipinski definition) is 10. The zero-order chi connectivity index (χ0) is 18.1. The van der Waals surface area contributed by atoms with E-state index in [1.807, 2.05) is 0 Å². The molecule has 0 saturated heterocycles. The van der Waals surface area contributed by atoms with E-state index < -0.39 is 24.0 Å². The molecular weight excluding hydrogens is 374 g/mol. The van der Waals surface area contributed by atoms with E-state index in [0.29, 0.717) is 16.2 Å². The third kappa shape index (κ3) is 6.15. The van der Waals surface area contributed by atoms with Gasteiger partial charge in [-0.05, 0) is 0 Å². The SMILES string of the molecule is O=C(OCCSSCCOC(=O)n1ccnc1)On1c(O)ccc1O. The number of imidazole rings is 1. The van der Waals surface area contributed by atoms with Crippen LogP contribution in [0, 0.1) is 0 Å². The Labute approximate surface area is 150 Å². The molecule has 0 saturated carbocycles. The van der Waals surface area contributed by atoms with Crippen LogP contribution in [0.15, 0.2) is 30.9 Å². The fraction of sp³-hybridized carbons (Fsp3) is 0.308. The van der Waals surface area contributed by atoms with Crippen molar-refractivity contribution < 1.29 is 34.1 Å². The molecule has 0 aliphatic rings. The number of carbonyl (C=O) groups is 2.